The van der Waals surface area contributed by atoms with Crippen molar-refractivity contribution in [3.8, 4) is 0 Å². The molecule has 2 rings (SSSR count). The van der Waals surface area contributed by atoms with Crippen molar-refractivity contribution < 1.29 is 15.0 Å². The average Bonchev–Trinajstić information content (AvgIpc) is 2.68. The van der Waals surface area contributed by atoms with E-state index in [9.17, 15) is 15.0 Å². The Kier molecular flexibility index (Phi) is 3.42. The fraction of sp³-hybridized carbons (Fsp3) is 0.417. The zero-order valence-electron chi connectivity index (χ0n) is 8.69. The minimum atomic E-state index is -0.902. The van der Waals surface area contributed by atoms with Gasteiger partial charge in [-0.05, 0) is 17.5 Å². The number of rotatable bonds is 3. The lowest BCUT2D eigenvalue weighted by atomic mass is 10.0. The highest BCUT2D eigenvalue weighted by molar-refractivity contribution is 9.09. The maximum Gasteiger partial charge on any atom is 0.163 e. The number of fused-ring (bicyclic) bond motifs is 1. The molecule has 0 aromatic heterocycles. The van der Waals surface area contributed by atoms with Crippen LogP contribution >= 0.6 is 15.9 Å². The minimum absolute atomic E-state index is 0.164. The molecule has 3 nitrogen and oxygen atoms in total. The number of carbonyl (C=O) groups excluding carboxylic acids is 1. The van der Waals surface area contributed by atoms with Gasteiger partial charge >= 0.3 is 0 Å². The number of alkyl halides is 1. The zero-order valence-corrected chi connectivity index (χ0v) is 10.3. The van der Waals surface area contributed by atoms with E-state index in [4.69, 9.17) is 0 Å². The second-order valence-electron chi connectivity index (χ2n) is 4.01. The number of aliphatic hydroxyl groups is 2. The van der Waals surface area contributed by atoms with Gasteiger partial charge in [0.1, 0.15) is 6.10 Å². The molecular formula is C12H13BrO3. The van der Waals surface area contributed by atoms with Gasteiger partial charge in [0.2, 0.25) is 0 Å². The van der Waals surface area contributed by atoms with Crippen LogP contribution in [0.1, 0.15) is 34.0 Å². The largest absolute Gasteiger partial charge is 0.389 e. The highest BCUT2D eigenvalue weighted by Gasteiger charge is 2.23. The average molecular weight is 285 g/mol. The summed E-state index contributed by atoms with van der Waals surface area (Å²) in [4.78, 5) is 11.4. The number of benzene rings is 1. The van der Waals surface area contributed by atoms with Gasteiger partial charge < -0.3 is 10.2 Å². The summed E-state index contributed by atoms with van der Waals surface area (Å²) in [5.74, 6) is 0.164. The van der Waals surface area contributed by atoms with E-state index in [0.29, 0.717) is 17.3 Å². The van der Waals surface area contributed by atoms with Crippen molar-refractivity contribution in [2.45, 2.75) is 25.0 Å². The standard InChI is InChI=1S/C12H13BrO3/c13-6-11(15)12(16)8-1-3-9-7(5-8)2-4-10(9)14/h1,3,5,11-12,15-16H,2,4,6H2. The molecular weight excluding hydrogens is 272 g/mol. The Balaban J connectivity index is 2.28. The Morgan fingerprint density at radius 3 is 2.75 bits per heavy atom. The van der Waals surface area contributed by atoms with Gasteiger partial charge in [0.05, 0.1) is 6.10 Å². The minimum Gasteiger partial charge on any atom is -0.389 e. The van der Waals surface area contributed by atoms with E-state index < -0.39 is 12.2 Å². The van der Waals surface area contributed by atoms with Crippen LogP contribution in [-0.4, -0.2) is 27.4 Å². The van der Waals surface area contributed by atoms with Gasteiger partial charge in [-0.3, -0.25) is 4.79 Å². The Morgan fingerprint density at radius 2 is 2.06 bits per heavy atom. The molecule has 2 unspecified atom stereocenters. The van der Waals surface area contributed by atoms with Crippen molar-refractivity contribution in [3.63, 3.8) is 0 Å². The molecule has 4 heteroatoms. The summed E-state index contributed by atoms with van der Waals surface area (Å²) in [6.45, 7) is 0. The maximum absolute atomic E-state index is 11.4. The van der Waals surface area contributed by atoms with Crippen molar-refractivity contribution in [1.29, 1.82) is 0 Å². The van der Waals surface area contributed by atoms with Crippen LogP contribution in [0.2, 0.25) is 0 Å². The summed E-state index contributed by atoms with van der Waals surface area (Å²) in [6, 6.07) is 5.26. The van der Waals surface area contributed by atoms with Crippen LogP contribution in [-0.2, 0) is 6.42 Å². The van der Waals surface area contributed by atoms with Crippen LogP contribution in [0, 0.1) is 0 Å². The van der Waals surface area contributed by atoms with Crippen LogP contribution in [0.25, 0.3) is 0 Å². The zero-order chi connectivity index (χ0) is 11.7. The molecule has 0 bridgehead atoms. The lowest BCUT2D eigenvalue weighted by molar-refractivity contribution is 0.0342. The molecule has 1 aliphatic rings. The van der Waals surface area contributed by atoms with Crippen molar-refractivity contribution in [3.05, 3.63) is 34.9 Å². The van der Waals surface area contributed by atoms with Gasteiger partial charge in [-0.2, -0.15) is 0 Å². The third-order valence-electron chi connectivity index (χ3n) is 2.92. The topological polar surface area (TPSA) is 57.5 Å². The van der Waals surface area contributed by atoms with Gasteiger partial charge in [-0.15, -0.1) is 0 Å². The molecule has 0 aliphatic heterocycles. The molecule has 86 valence electrons. The molecule has 0 spiro atoms. The summed E-state index contributed by atoms with van der Waals surface area (Å²) in [6.07, 6.45) is -0.440. The Bertz CT molecular complexity index is 417. The molecule has 2 N–H and O–H groups in total. The molecule has 16 heavy (non-hydrogen) atoms. The monoisotopic (exact) mass is 284 g/mol. The first-order chi connectivity index (χ1) is 7.63. The normalized spacial score (nSPS) is 18.3. The van der Waals surface area contributed by atoms with Crippen LogP contribution < -0.4 is 0 Å². The maximum atomic E-state index is 11.4. The molecule has 0 saturated heterocycles. The number of hydrogen-bond acceptors (Lipinski definition) is 3. The Hall–Kier alpha value is -0.710. The number of carbonyl (C=O) groups is 1. The van der Waals surface area contributed by atoms with Gasteiger partial charge in [0.25, 0.3) is 0 Å². The smallest absolute Gasteiger partial charge is 0.163 e. The quantitative estimate of drug-likeness (QED) is 0.829. The second-order valence-corrected chi connectivity index (χ2v) is 4.65. The summed E-state index contributed by atoms with van der Waals surface area (Å²) in [5, 5.41) is 19.7. The molecule has 1 aromatic rings. The highest BCUT2D eigenvalue weighted by Crippen LogP contribution is 2.27. The lowest BCUT2D eigenvalue weighted by Gasteiger charge is -2.16. The molecule has 1 aliphatic carbocycles. The summed E-state index contributed by atoms with van der Waals surface area (Å²) in [5.41, 5.74) is 2.40. The van der Waals surface area contributed by atoms with Gasteiger partial charge in [-0.1, -0.05) is 34.1 Å². The Morgan fingerprint density at radius 1 is 1.31 bits per heavy atom. The summed E-state index contributed by atoms with van der Waals surface area (Å²) in [7, 11) is 0. The van der Waals surface area contributed by atoms with Gasteiger partial charge in [-0.25, -0.2) is 0 Å². The summed E-state index contributed by atoms with van der Waals surface area (Å²) >= 11 is 3.12. The van der Waals surface area contributed by atoms with Crippen molar-refractivity contribution in [2.24, 2.45) is 0 Å². The van der Waals surface area contributed by atoms with Crippen molar-refractivity contribution in [2.75, 3.05) is 5.33 Å². The number of halogens is 1. The molecule has 0 fully saturated rings. The SMILES string of the molecule is O=C1CCc2cc(C(O)C(O)CBr)ccc21. The predicted molar refractivity (Wildman–Crippen MR) is 63.9 cm³/mol. The van der Waals surface area contributed by atoms with Crippen molar-refractivity contribution >= 4 is 21.7 Å². The van der Waals surface area contributed by atoms with E-state index in [0.717, 1.165) is 17.5 Å². The molecule has 0 amide bonds. The van der Waals surface area contributed by atoms with Crippen LogP contribution in [0.4, 0.5) is 0 Å². The number of hydrogen-bond donors (Lipinski definition) is 2. The van der Waals surface area contributed by atoms with Crippen molar-refractivity contribution in [1.82, 2.24) is 0 Å². The fourth-order valence-electron chi connectivity index (χ4n) is 1.97. The molecule has 0 radical (unpaired) electrons. The number of ketones is 1. The third-order valence-corrected chi connectivity index (χ3v) is 3.58. The first-order valence-corrected chi connectivity index (χ1v) is 6.33. The number of Topliss-reactive ketones (excluding diaryl/α,β-unsaturated/α-hetero) is 1. The van der Waals surface area contributed by atoms with E-state index in [1.54, 1.807) is 12.1 Å². The van der Waals surface area contributed by atoms with Gasteiger partial charge in [0, 0.05) is 17.3 Å². The van der Waals surface area contributed by atoms with E-state index in [1.165, 1.54) is 0 Å². The highest BCUT2D eigenvalue weighted by atomic mass is 79.9. The van der Waals surface area contributed by atoms with Crippen LogP contribution in [0.5, 0.6) is 0 Å². The van der Waals surface area contributed by atoms with Crippen LogP contribution in [0.3, 0.4) is 0 Å². The predicted octanol–water partition coefficient (Wildman–Crippen LogP) is 1.60. The van der Waals surface area contributed by atoms with E-state index >= 15 is 0 Å². The van der Waals surface area contributed by atoms with E-state index in [1.807, 2.05) is 6.07 Å². The third kappa shape index (κ3) is 2.05. The fourth-order valence-corrected chi connectivity index (χ4v) is 2.32. The molecule has 1 aromatic carbocycles. The second kappa shape index (κ2) is 4.65. The summed E-state index contributed by atoms with van der Waals surface area (Å²) < 4.78 is 0. The van der Waals surface area contributed by atoms with Gasteiger partial charge in [0.15, 0.2) is 5.78 Å². The van der Waals surface area contributed by atoms with E-state index in [-0.39, 0.29) is 5.78 Å². The van der Waals surface area contributed by atoms with Crippen LogP contribution in [0.15, 0.2) is 18.2 Å². The molecule has 0 heterocycles. The lowest BCUT2D eigenvalue weighted by Crippen LogP contribution is -2.19. The first kappa shape index (κ1) is 11.8. The number of aryl methyl sites for hydroxylation is 1. The molecule has 0 saturated carbocycles. The Labute approximate surface area is 102 Å². The number of aliphatic hydroxyl groups excluding tert-OH is 2. The first-order valence-electron chi connectivity index (χ1n) is 5.21. The van der Waals surface area contributed by atoms with E-state index in [2.05, 4.69) is 15.9 Å². The molecule has 2 atom stereocenters.